The van der Waals surface area contributed by atoms with Crippen LogP contribution in [0.5, 0.6) is 0 Å². The number of aliphatic hydroxyl groups excluding tert-OH is 2. The second kappa shape index (κ2) is 22.3. The van der Waals surface area contributed by atoms with E-state index in [-0.39, 0.29) is 40.6 Å². The Hall–Kier alpha value is -3.49. The molecule has 0 unspecified atom stereocenters. The lowest BCUT2D eigenvalue weighted by atomic mass is 9.96. The Morgan fingerprint density at radius 1 is 0.688 bits per heavy atom. The minimum absolute atomic E-state index is 0.0519. The van der Waals surface area contributed by atoms with Crippen LogP contribution in [-0.2, 0) is 32.9 Å². The van der Waals surface area contributed by atoms with Crippen LogP contribution in [-0.4, -0.2) is 102 Å². The Morgan fingerprint density at radius 2 is 1.17 bits per heavy atom. The van der Waals surface area contributed by atoms with E-state index in [1.807, 2.05) is 102 Å². The molecule has 0 spiro atoms. The quantitative estimate of drug-likeness (QED) is 0.0510. The molecule has 1 aliphatic carbocycles. The zero-order chi connectivity index (χ0) is 46.2. The largest absolute Gasteiger partial charge is 0.391 e. The number of nitrogens with two attached hydrogens (primary N) is 1. The third-order valence-corrected chi connectivity index (χ3v) is 17.4. The predicted octanol–water partition coefficient (Wildman–Crippen LogP) is 8.35. The molecular formula is C47H62N6O6S5. The number of thioether (sulfide) groups is 1. The zero-order valence-electron chi connectivity index (χ0n) is 37.4. The highest BCUT2D eigenvalue weighted by Crippen LogP contribution is 2.34. The SMILES string of the molecule is CC(C)CN(C[C@@H](O)[C@@H](N)Cc1ccccc1)S(=O)(=O)c1ccc2nc(NC3CC3)sc2c1.CSc1nc2ccc(S(=O)(=O)N(CC(C)C)C[C@@H](O)[C@@H](C)Cc3ccccc3)cc2s1. The van der Waals surface area contributed by atoms with Crippen LogP contribution < -0.4 is 11.1 Å². The molecule has 0 aliphatic heterocycles. The highest BCUT2D eigenvalue weighted by atomic mass is 32.2. The van der Waals surface area contributed by atoms with Gasteiger partial charge in [0.25, 0.3) is 0 Å². The molecule has 12 nitrogen and oxygen atoms in total. The first-order valence-electron chi connectivity index (χ1n) is 21.7. The number of benzene rings is 4. The van der Waals surface area contributed by atoms with Crippen LogP contribution in [0.3, 0.4) is 0 Å². The predicted molar refractivity (Wildman–Crippen MR) is 264 cm³/mol. The molecule has 1 aliphatic rings. The molecule has 17 heteroatoms. The Labute approximate surface area is 391 Å². The van der Waals surface area contributed by atoms with Crippen LogP contribution in [0.25, 0.3) is 20.4 Å². The smallest absolute Gasteiger partial charge is 0.243 e. The lowest BCUT2D eigenvalue weighted by molar-refractivity contribution is 0.0919. The van der Waals surface area contributed by atoms with E-state index in [1.165, 1.54) is 31.3 Å². The number of aromatic nitrogens is 2. The van der Waals surface area contributed by atoms with E-state index in [4.69, 9.17) is 5.73 Å². The molecule has 6 aromatic rings. The topological polar surface area (TPSA) is 179 Å². The minimum atomic E-state index is -3.81. The lowest BCUT2D eigenvalue weighted by Gasteiger charge is -2.29. The van der Waals surface area contributed by atoms with Crippen molar-refractivity contribution in [1.29, 1.82) is 0 Å². The maximum atomic E-state index is 13.6. The van der Waals surface area contributed by atoms with Crippen molar-refractivity contribution in [2.45, 2.75) is 98.7 Å². The summed E-state index contributed by atoms with van der Waals surface area (Å²) < 4.78 is 59.5. The van der Waals surface area contributed by atoms with Crippen molar-refractivity contribution in [3.05, 3.63) is 108 Å². The van der Waals surface area contributed by atoms with Crippen molar-refractivity contribution in [3.63, 3.8) is 0 Å². The van der Waals surface area contributed by atoms with E-state index >= 15 is 0 Å². The number of sulfonamides is 2. The number of nitrogens with one attached hydrogen (secondary N) is 1. The fraction of sp³-hybridized carbons (Fsp3) is 0.447. The van der Waals surface area contributed by atoms with Gasteiger partial charge in [0, 0.05) is 38.3 Å². The zero-order valence-corrected chi connectivity index (χ0v) is 41.5. The van der Waals surface area contributed by atoms with Crippen LogP contribution in [0.1, 0.15) is 58.6 Å². The molecule has 5 N–H and O–H groups in total. The van der Waals surface area contributed by atoms with Gasteiger partial charge in [0.15, 0.2) is 9.47 Å². The first-order chi connectivity index (χ1) is 30.4. The van der Waals surface area contributed by atoms with Gasteiger partial charge in [-0.15, -0.1) is 11.3 Å². The number of thiazole rings is 2. The van der Waals surface area contributed by atoms with Crippen molar-refractivity contribution in [3.8, 4) is 0 Å². The number of anilines is 1. The van der Waals surface area contributed by atoms with Crippen LogP contribution in [0, 0.1) is 17.8 Å². The Kier molecular flexibility index (Phi) is 17.4. The molecule has 1 saturated carbocycles. The van der Waals surface area contributed by atoms with Gasteiger partial charge >= 0.3 is 0 Å². The van der Waals surface area contributed by atoms with E-state index in [1.54, 1.807) is 48.2 Å². The number of hydrogen-bond acceptors (Lipinski definition) is 13. The Balaban J connectivity index is 0.000000213. The van der Waals surface area contributed by atoms with Crippen LogP contribution in [0.4, 0.5) is 5.13 Å². The van der Waals surface area contributed by atoms with Gasteiger partial charge in [-0.2, -0.15) is 8.61 Å². The van der Waals surface area contributed by atoms with Gasteiger partial charge in [0.05, 0.1) is 42.4 Å². The molecule has 346 valence electrons. The molecule has 0 bridgehead atoms. The summed E-state index contributed by atoms with van der Waals surface area (Å²) in [4.78, 5) is 9.51. The van der Waals surface area contributed by atoms with E-state index in [0.29, 0.717) is 32.0 Å². The second-order valence-corrected chi connectivity index (χ2v) is 24.5. The third kappa shape index (κ3) is 13.5. The molecule has 0 amide bonds. The molecule has 2 aromatic heterocycles. The van der Waals surface area contributed by atoms with Gasteiger partial charge in [-0.1, -0.05) is 118 Å². The highest BCUT2D eigenvalue weighted by Gasteiger charge is 2.32. The molecular weight excluding hydrogens is 905 g/mol. The molecule has 0 saturated heterocycles. The van der Waals surface area contributed by atoms with Crippen molar-refractivity contribution in [2.75, 3.05) is 37.8 Å². The van der Waals surface area contributed by atoms with Gasteiger partial charge in [-0.25, -0.2) is 26.8 Å². The highest BCUT2D eigenvalue weighted by molar-refractivity contribution is 8.00. The first-order valence-corrected chi connectivity index (χ1v) is 27.5. The first kappa shape index (κ1) is 49.9. The van der Waals surface area contributed by atoms with Crippen molar-refractivity contribution < 1.29 is 27.0 Å². The maximum Gasteiger partial charge on any atom is 0.243 e. The number of fused-ring (bicyclic) bond motifs is 2. The average molecular weight is 967 g/mol. The number of nitrogens with zero attached hydrogens (tertiary/aromatic N) is 4. The molecule has 2 heterocycles. The van der Waals surface area contributed by atoms with Crippen LogP contribution in [0.2, 0.25) is 0 Å². The van der Waals surface area contributed by atoms with Crippen molar-refractivity contribution in [2.24, 2.45) is 23.5 Å². The minimum Gasteiger partial charge on any atom is -0.391 e. The number of hydrogen-bond donors (Lipinski definition) is 4. The fourth-order valence-electron chi connectivity index (χ4n) is 7.19. The number of aliphatic hydroxyl groups is 2. The van der Waals surface area contributed by atoms with Crippen LogP contribution in [0.15, 0.2) is 111 Å². The van der Waals surface area contributed by atoms with Gasteiger partial charge in [-0.05, 0) is 97.2 Å². The lowest BCUT2D eigenvalue weighted by Crippen LogP contribution is -2.47. The summed E-state index contributed by atoms with van der Waals surface area (Å²) in [6, 6.07) is 29.7. The Morgan fingerprint density at radius 3 is 1.67 bits per heavy atom. The van der Waals surface area contributed by atoms with Gasteiger partial charge in [0.1, 0.15) is 0 Å². The summed E-state index contributed by atoms with van der Waals surface area (Å²) in [5, 5.41) is 25.8. The number of rotatable bonds is 21. The molecule has 7 rings (SSSR count). The molecule has 4 atom stereocenters. The Bertz CT molecular complexity index is 2640. The standard InChI is InChI=1S/C24H32N4O3S2.C23H30N2O3S3/c1-16(2)14-28(15-22(29)20(25)12-17-6-4-3-5-7-17)33(30,31)19-10-11-21-23(13-19)32-24(27-21)26-18-8-9-18;1-16(2)14-25(15-21(26)17(3)12-18-8-6-5-7-9-18)31(27,28)19-10-11-20-22(13-19)30-23(24-20)29-4/h3-7,10-11,13,16,18,20,22,29H,8-9,12,14-15,25H2,1-2H3,(H,26,27);5-11,13,16-17,21,26H,12,14-15H2,1-4H3/t20-,22+;17-,21+/m00/s1. The second-order valence-electron chi connectivity index (χ2n) is 17.5. The molecule has 4 aromatic carbocycles. The summed E-state index contributed by atoms with van der Waals surface area (Å²) in [5.41, 5.74) is 9.97. The summed E-state index contributed by atoms with van der Waals surface area (Å²) in [7, 11) is -7.56. The normalized spacial score (nSPS) is 15.5. The summed E-state index contributed by atoms with van der Waals surface area (Å²) in [6.45, 7) is 10.5. The van der Waals surface area contributed by atoms with Crippen molar-refractivity contribution in [1.82, 2.24) is 18.6 Å². The van der Waals surface area contributed by atoms with Gasteiger partial charge < -0.3 is 21.3 Å². The van der Waals surface area contributed by atoms with Gasteiger partial charge in [0.2, 0.25) is 20.0 Å². The average Bonchev–Trinajstić information content (AvgIpc) is 3.82. The maximum absolute atomic E-state index is 13.6. The third-order valence-electron chi connectivity index (χ3n) is 10.8. The van der Waals surface area contributed by atoms with Crippen LogP contribution >= 0.6 is 34.4 Å². The van der Waals surface area contributed by atoms with E-state index in [0.717, 1.165) is 53.9 Å². The van der Waals surface area contributed by atoms with Gasteiger partial charge in [-0.3, -0.25) is 0 Å². The molecule has 1 fully saturated rings. The fourth-order valence-corrected chi connectivity index (χ4v) is 13.1. The van der Waals surface area contributed by atoms with E-state index in [9.17, 15) is 27.0 Å². The van der Waals surface area contributed by atoms with Crippen molar-refractivity contribution >= 4 is 80.0 Å². The summed E-state index contributed by atoms with van der Waals surface area (Å²) in [6.07, 6.45) is 3.67. The molecule has 64 heavy (non-hydrogen) atoms. The summed E-state index contributed by atoms with van der Waals surface area (Å²) >= 11 is 4.51. The molecule has 0 radical (unpaired) electrons. The summed E-state index contributed by atoms with van der Waals surface area (Å²) in [5.74, 6) is 0.167. The van der Waals surface area contributed by atoms with E-state index < -0.39 is 38.3 Å². The van der Waals surface area contributed by atoms with E-state index in [2.05, 4.69) is 15.3 Å². The monoisotopic (exact) mass is 966 g/mol.